The number of fused-ring (bicyclic) bond motifs is 1. The third-order valence-corrected chi connectivity index (χ3v) is 5.61. The number of carbonyl (C=O) groups excluding carboxylic acids is 1. The van der Waals surface area contributed by atoms with Crippen LogP contribution in [0.25, 0.3) is 0 Å². The molecule has 0 radical (unpaired) electrons. The molecular formula is C23H24ClN5O2. The zero-order valence-corrected chi connectivity index (χ0v) is 17.8. The zero-order chi connectivity index (χ0) is 21.8. The van der Waals surface area contributed by atoms with Gasteiger partial charge in [-0.25, -0.2) is 9.97 Å². The largest absolute Gasteiger partial charge is 0.469 e. The molecule has 7 nitrogen and oxygen atoms in total. The highest BCUT2D eigenvalue weighted by molar-refractivity contribution is 6.29. The van der Waals surface area contributed by atoms with Crippen LogP contribution in [0.1, 0.15) is 40.4 Å². The van der Waals surface area contributed by atoms with Gasteiger partial charge in [-0.1, -0.05) is 54.9 Å². The first-order valence-electron chi connectivity index (χ1n) is 10.1. The molecule has 3 atom stereocenters. The molecule has 2 aromatic heterocycles. The molecule has 1 aliphatic heterocycles. The van der Waals surface area contributed by atoms with E-state index in [-0.39, 0.29) is 18.1 Å². The lowest BCUT2D eigenvalue weighted by atomic mass is 9.97. The van der Waals surface area contributed by atoms with Crippen LogP contribution < -0.4 is 21.1 Å². The van der Waals surface area contributed by atoms with Crippen molar-refractivity contribution in [2.45, 2.75) is 25.0 Å². The average molecular weight is 438 g/mol. The van der Waals surface area contributed by atoms with E-state index in [0.29, 0.717) is 28.8 Å². The monoisotopic (exact) mass is 437 g/mol. The van der Waals surface area contributed by atoms with Crippen molar-refractivity contribution in [3.8, 4) is 5.88 Å². The van der Waals surface area contributed by atoms with E-state index in [1.807, 2.05) is 24.3 Å². The van der Waals surface area contributed by atoms with Crippen molar-refractivity contribution in [1.29, 1.82) is 0 Å². The number of amides is 1. The first-order valence-corrected chi connectivity index (χ1v) is 10.5. The predicted octanol–water partition coefficient (Wildman–Crippen LogP) is 3.54. The molecule has 0 fully saturated rings. The number of carbonyl (C=O) groups is 1. The number of hydrogen-bond acceptors (Lipinski definition) is 6. The summed E-state index contributed by atoms with van der Waals surface area (Å²) >= 11 is 5.91. The molecule has 0 spiro atoms. The van der Waals surface area contributed by atoms with Crippen molar-refractivity contribution in [2.75, 3.05) is 18.4 Å². The molecule has 3 aromatic rings. The Balaban J connectivity index is 1.52. The van der Waals surface area contributed by atoms with Gasteiger partial charge in [-0.2, -0.15) is 0 Å². The van der Waals surface area contributed by atoms with Gasteiger partial charge in [0.2, 0.25) is 11.8 Å². The Bertz CT molecular complexity index is 1050. The van der Waals surface area contributed by atoms with Gasteiger partial charge in [-0.3, -0.25) is 4.79 Å². The summed E-state index contributed by atoms with van der Waals surface area (Å²) in [5, 5.41) is 7.46. The van der Waals surface area contributed by atoms with Gasteiger partial charge in [0.25, 0.3) is 0 Å². The summed E-state index contributed by atoms with van der Waals surface area (Å²) in [6.07, 6.45) is 3.05. The lowest BCUT2D eigenvalue weighted by Gasteiger charge is -2.34. The summed E-state index contributed by atoms with van der Waals surface area (Å²) in [5.74, 6) is 0.170. The molecule has 3 heterocycles. The number of halogens is 1. The van der Waals surface area contributed by atoms with Crippen molar-refractivity contribution in [1.82, 2.24) is 15.3 Å². The highest BCUT2D eigenvalue weighted by Crippen LogP contribution is 2.32. The van der Waals surface area contributed by atoms with Crippen LogP contribution >= 0.6 is 11.6 Å². The van der Waals surface area contributed by atoms with Crippen molar-refractivity contribution in [3.05, 3.63) is 82.8 Å². The minimum atomic E-state index is -0.520. The topological polar surface area (TPSA) is 102 Å². The van der Waals surface area contributed by atoms with Crippen molar-refractivity contribution in [2.24, 2.45) is 5.73 Å². The van der Waals surface area contributed by atoms with E-state index in [9.17, 15) is 4.79 Å². The third kappa shape index (κ3) is 4.95. The molecule has 1 amide bonds. The number of pyridine rings is 2. The summed E-state index contributed by atoms with van der Waals surface area (Å²) in [5.41, 5.74) is 8.59. The van der Waals surface area contributed by atoms with Crippen LogP contribution in [-0.2, 0) is 0 Å². The number of ether oxygens (including phenoxy) is 1. The maximum atomic E-state index is 11.4. The van der Waals surface area contributed by atoms with Crippen molar-refractivity contribution < 1.29 is 9.53 Å². The molecule has 160 valence electrons. The second-order valence-corrected chi connectivity index (χ2v) is 7.98. The second-order valence-electron chi connectivity index (χ2n) is 7.59. The van der Waals surface area contributed by atoms with Gasteiger partial charge in [0.15, 0.2) is 0 Å². The Hall–Kier alpha value is -3.16. The number of aromatic nitrogens is 2. The predicted molar refractivity (Wildman–Crippen MR) is 121 cm³/mol. The first-order chi connectivity index (χ1) is 15.0. The smallest absolute Gasteiger partial charge is 0.250 e. The van der Waals surface area contributed by atoms with Gasteiger partial charge in [-0.05, 0) is 29.2 Å². The molecule has 0 aliphatic carbocycles. The first kappa shape index (κ1) is 21.1. The Labute approximate surface area is 186 Å². The van der Waals surface area contributed by atoms with Crippen LogP contribution in [0.3, 0.4) is 0 Å². The Morgan fingerprint density at radius 1 is 1.23 bits per heavy atom. The van der Waals surface area contributed by atoms with Gasteiger partial charge in [-0.15, -0.1) is 0 Å². The van der Waals surface area contributed by atoms with E-state index in [1.54, 1.807) is 18.3 Å². The van der Waals surface area contributed by atoms with E-state index in [0.717, 1.165) is 17.7 Å². The number of hydrogen-bond donors (Lipinski definition) is 3. The normalized spacial score (nSPS) is 17.0. The summed E-state index contributed by atoms with van der Waals surface area (Å²) in [7, 11) is 0. The molecule has 0 saturated heterocycles. The Kier molecular flexibility index (Phi) is 6.34. The van der Waals surface area contributed by atoms with Crippen molar-refractivity contribution >= 4 is 23.2 Å². The zero-order valence-electron chi connectivity index (χ0n) is 17.1. The van der Waals surface area contributed by atoms with Crippen LogP contribution in [0.15, 0.2) is 60.9 Å². The molecule has 31 heavy (non-hydrogen) atoms. The minimum Gasteiger partial charge on any atom is -0.469 e. The molecule has 4 N–H and O–H groups in total. The van der Waals surface area contributed by atoms with Crippen LogP contribution in [-0.4, -0.2) is 35.1 Å². The van der Waals surface area contributed by atoms with E-state index >= 15 is 0 Å². The number of primary amides is 1. The van der Waals surface area contributed by atoms with E-state index in [4.69, 9.17) is 22.1 Å². The highest BCUT2D eigenvalue weighted by Gasteiger charge is 2.30. The molecule has 4 rings (SSSR count). The maximum absolute atomic E-state index is 11.4. The second kappa shape index (κ2) is 9.32. The van der Waals surface area contributed by atoms with Crippen LogP contribution in [0.4, 0.5) is 5.69 Å². The average Bonchev–Trinajstić information content (AvgIpc) is 2.79. The quantitative estimate of drug-likeness (QED) is 0.488. The summed E-state index contributed by atoms with van der Waals surface area (Å²) < 4.78 is 6.22. The fourth-order valence-corrected chi connectivity index (χ4v) is 3.73. The molecular weight excluding hydrogens is 414 g/mol. The molecule has 0 unspecified atom stereocenters. The molecule has 8 heteroatoms. The SMILES string of the molecule is C[C@H](CN[C@H](c1ccccc1)[C@@H]1CNc2cc(C(N)=O)cnc2O1)c1ccc(Cl)nc1. The Morgan fingerprint density at radius 2 is 2.03 bits per heavy atom. The number of nitrogens with two attached hydrogens (primary N) is 1. The molecule has 0 saturated carbocycles. The summed E-state index contributed by atoms with van der Waals surface area (Å²) in [4.78, 5) is 19.9. The number of nitrogens with zero attached hydrogens (tertiary/aromatic N) is 2. The van der Waals surface area contributed by atoms with E-state index < -0.39 is 5.91 Å². The Morgan fingerprint density at radius 3 is 2.74 bits per heavy atom. The fraction of sp³-hybridized carbons (Fsp3) is 0.261. The number of nitrogens with one attached hydrogen (secondary N) is 2. The highest BCUT2D eigenvalue weighted by atomic mass is 35.5. The van der Waals surface area contributed by atoms with Crippen molar-refractivity contribution in [3.63, 3.8) is 0 Å². The van der Waals surface area contributed by atoms with Gasteiger partial charge >= 0.3 is 0 Å². The lowest BCUT2D eigenvalue weighted by Crippen LogP contribution is -2.43. The van der Waals surface area contributed by atoms with Crippen LogP contribution in [0.5, 0.6) is 5.88 Å². The minimum absolute atomic E-state index is 0.0674. The van der Waals surface area contributed by atoms with Gasteiger partial charge in [0.05, 0.1) is 23.8 Å². The maximum Gasteiger partial charge on any atom is 0.250 e. The van der Waals surface area contributed by atoms with Gasteiger partial charge < -0.3 is 21.1 Å². The van der Waals surface area contributed by atoms with E-state index in [2.05, 4.69) is 39.7 Å². The summed E-state index contributed by atoms with van der Waals surface area (Å²) in [6.45, 7) is 3.42. The van der Waals surface area contributed by atoms with Crippen LogP contribution in [0, 0.1) is 0 Å². The molecule has 0 bridgehead atoms. The van der Waals surface area contributed by atoms with Gasteiger partial charge in [0.1, 0.15) is 11.3 Å². The lowest BCUT2D eigenvalue weighted by molar-refractivity contribution is 0.0999. The molecule has 1 aliphatic rings. The summed E-state index contributed by atoms with van der Waals surface area (Å²) in [6, 6.07) is 15.6. The number of anilines is 1. The number of rotatable bonds is 7. The van der Waals surface area contributed by atoms with Gasteiger partial charge in [0, 0.05) is 18.9 Å². The molecule has 1 aromatic carbocycles. The fourth-order valence-electron chi connectivity index (χ4n) is 3.61. The number of benzene rings is 1. The van der Waals surface area contributed by atoms with E-state index in [1.165, 1.54) is 6.20 Å². The van der Waals surface area contributed by atoms with Crippen LogP contribution in [0.2, 0.25) is 5.15 Å². The third-order valence-electron chi connectivity index (χ3n) is 5.39. The standard InChI is InChI=1S/C23H24ClN5O2/c1-14(16-7-8-20(24)27-11-16)10-28-21(15-5-3-2-4-6-15)19-13-26-18-9-17(22(25)30)12-29-23(18)31-19/h2-9,11-12,14,19,21,26,28H,10,13H2,1H3,(H2,25,30)/t14-,19+,21-/m1/s1.